The molecule has 0 aliphatic carbocycles. The molecular formula is C21H22ClNO5S. The number of nitrogens with zero attached hydrogens (tertiary/aromatic N) is 1. The SMILES string of the molecule is Cc1ccc(C(=O)COC(=O)c2ccc(Cl)c(S(=O)(=O)N3CCCCC3)c2)cc1. The minimum Gasteiger partial charge on any atom is -0.454 e. The zero-order valence-corrected chi connectivity index (χ0v) is 17.6. The molecule has 1 aliphatic heterocycles. The predicted molar refractivity (Wildman–Crippen MR) is 110 cm³/mol. The van der Waals surface area contributed by atoms with Gasteiger partial charge < -0.3 is 4.74 Å². The molecule has 0 atom stereocenters. The molecule has 154 valence electrons. The van der Waals surface area contributed by atoms with Gasteiger partial charge in [-0.25, -0.2) is 13.2 Å². The molecule has 3 rings (SSSR count). The van der Waals surface area contributed by atoms with Crippen LogP contribution < -0.4 is 0 Å². The summed E-state index contributed by atoms with van der Waals surface area (Å²) in [5.41, 5.74) is 1.48. The molecule has 1 saturated heterocycles. The number of ether oxygens (including phenoxy) is 1. The molecule has 29 heavy (non-hydrogen) atoms. The van der Waals surface area contributed by atoms with E-state index >= 15 is 0 Å². The van der Waals surface area contributed by atoms with Gasteiger partial charge in [-0.2, -0.15) is 4.31 Å². The average molecular weight is 436 g/mol. The average Bonchev–Trinajstić information content (AvgIpc) is 2.73. The normalized spacial score (nSPS) is 15.1. The van der Waals surface area contributed by atoms with Crippen molar-refractivity contribution in [3.63, 3.8) is 0 Å². The first-order valence-corrected chi connectivity index (χ1v) is 11.2. The summed E-state index contributed by atoms with van der Waals surface area (Å²) in [6, 6.07) is 10.9. The lowest BCUT2D eigenvalue weighted by atomic mass is 10.1. The Morgan fingerprint density at radius 3 is 2.28 bits per heavy atom. The van der Waals surface area contributed by atoms with Crippen molar-refractivity contribution in [3.05, 3.63) is 64.2 Å². The number of halogens is 1. The monoisotopic (exact) mass is 435 g/mol. The lowest BCUT2D eigenvalue weighted by Crippen LogP contribution is -2.35. The summed E-state index contributed by atoms with van der Waals surface area (Å²) < 4.78 is 32.3. The van der Waals surface area contributed by atoms with Gasteiger partial charge in [-0.3, -0.25) is 4.79 Å². The van der Waals surface area contributed by atoms with Gasteiger partial charge >= 0.3 is 5.97 Å². The minimum absolute atomic E-state index is 0.0293. The number of sulfonamides is 1. The third kappa shape index (κ3) is 5.04. The molecule has 1 fully saturated rings. The second-order valence-corrected chi connectivity index (χ2v) is 9.29. The lowest BCUT2D eigenvalue weighted by molar-refractivity contribution is 0.0474. The van der Waals surface area contributed by atoms with Crippen molar-refractivity contribution in [1.29, 1.82) is 0 Å². The van der Waals surface area contributed by atoms with E-state index in [9.17, 15) is 18.0 Å². The Morgan fingerprint density at radius 1 is 1.00 bits per heavy atom. The Labute approximate surface area is 175 Å². The second-order valence-electron chi connectivity index (χ2n) is 6.98. The molecule has 8 heteroatoms. The van der Waals surface area contributed by atoms with Crippen LogP contribution in [0.4, 0.5) is 0 Å². The number of rotatable bonds is 6. The van der Waals surface area contributed by atoms with Crippen LogP contribution in [0.5, 0.6) is 0 Å². The number of carbonyl (C=O) groups excluding carboxylic acids is 2. The molecule has 0 aromatic heterocycles. The number of piperidine rings is 1. The summed E-state index contributed by atoms with van der Waals surface area (Å²) in [5.74, 6) is -1.12. The number of hydrogen-bond donors (Lipinski definition) is 0. The molecule has 0 amide bonds. The zero-order valence-electron chi connectivity index (χ0n) is 16.1. The Morgan fingerprint density at radius 2 is 1.62 bits per heavy atom. The topological polar surface area (TPSA) is 80.8 Å². The number of ketones is 1. The Kier molecular flexibility index (Phi) is 6.72. The van der Waals surface area contributed by atoms with Crippen molar-refractivity contribution in [2.24, 2.45) is 0 Å². The molecule has 0 N–H and O–H groups in total. The first-order valence-electron chi connectivity index (χ1n) is 9.36. The van der Waals surface area contributed by atoms with Crippen LogP contribution in [0.3, 0.4) is 0 Å². The molecule has 0 saturated carbocycles. The van der Waals surface area contributed by atoms with Crippen molar-refractivity contribution in [2.75, 3.05) is 19.7 Å². The van der Waals surface area contributed by atoms with Crippen molar-refractivity contribution in [3.8, 4) is 0 Å². The summed E-state index contributed by atoms with van der Waals surface area (Å²) in [4.78, 5) is 24.4. The van der Waals surface area contributed by atoms with Gasteiger partial charge in [0.05, 0.1) is 10.6 Å². The lowest BCUT2D eigenvalue weighted by Gasteiger charge is -2.26. The molecule has 0 spiro atoms. The highest BCUT2D eigenvalue weighted by atomic mass is 35.5. The van der Waals surface area contributed by atoms with E-state index in [0.29, 0.717) is 18.7 Å². The van der Waals surface area contributed by atoms with Crippen molar-refractivity contribution in [1.82, 2.24) is 4.31 Å². The Balaban J connectivity index is 1.73. The van der Waals surface area contributed by atoms with Gasteiger partial charge in [-0.1, -0.05) is 47.9 Å². The third-order valence-corrected chi connectivity index (χ3v) is 7.19. The minimum atomic E-state index is -3.80. The predicted octanol–water partition coefficient (Wildman–Crippen LogP) is 3.86. The van der Waals surface area contributed by atoms with Crippen LogP contribution >= 0.6 is 11.6 Å². The molecule has 1 heterocycles. The Bertz CT molecular complexity index is 1010. The molecule has 0 radical (unpaired) electrons. The van der Waals surface area contributed by atoms with Crippen LogP contribution in [0.25, 0.3) is 0 Å². The number of Topliss-reactive ketones (excluding diaryl/α,β-unsaturated/α-hetero) is 1. The molecule has 0 unspecified atom stereocenters. The van der Waals surface area contributed by atoms with Gasteiger partial charge in [0.25, 0.3) is 0 Å². The van der Waals surface area contributed by atoms with E-state index in [1.807, 2.05) is 6.92 Å². The van der Waals surface area contributed by atoms with Crippen LogP contribution in [-0.4, -0.2) is 44.2 Å². The fraction of sp³-hybridized carbons (Fsp3) is 0.333. The quantitative estimate of drug-likeness (QED) is 0.508. The highest BCUT2D eigenvalue weighted by molar-refractivity contribution is 7.89. The van der Waals surface area contributed by atoms with Crippen LogP contribution in [0.15, 0.2) is 47.4 Å². The van der Waals surface area contributed by atoms with Crippen LogP contribution in [0.1, 0.15) is 45.5 Å². The van der Waals surface area contributed by atoms with E-state index in [1.54, 1.807) is 24.3 Å². The largest absolute Gasteiger partial charge is 0.454 e. The number of benzene rings is 2. The molecule has 6 nitrogen and oxygen atoms in total. The van der Waals surface area contributed by atoms with Gasteiger partial charge in [-0.05, 0) is 38.0 Å². The molecular weight excluding hydrogens is 414 g/mol. The maximum atomic E-state index is 12.9. The summed E-state index contributed by atoms with van der Waals surface area (Å²) in [6.45, 7) is 2.33. The first kappa shape index (κ1) is 21.5. The van der Waals surface area contributed by atoms with Crippen LogP contribution in [-0.2, 0) is 14.8 Å². The number of carbonyl (C=O) groups is 2. The maximum absolute atomic E-state index is 12.9. The van der Waals surface area contributed by atoms with Gasteiger partial charge in [-0.15, -0.1) is 0 Å². The summed E-state index contributed by atoms with van der Waals surface area (Å²) >= 11 is 6.11. The van der Waals surface area contributed by atoms with E-state index in [1.165, 1.54) is 22.5 Å². The second kappa shape index (κ2) is 9.07. The third-order valence-electron chi connectivity index (χ3n) is 4.81. The van der Waals surface area contributed by atoms with Gasteiger partial charge in [0.15, 0.2) is 12.4 Å². The number of esters is 1. The maximum Gasteiger partial charge on any atom is 0.338 e. The van der Waals surface area contributed by atoms with Crippen molar-refractivity contribution >= 4 is 33.4 Å². The number of aryl methyl sites for hydroxylation is 1. The Hall–Kier alpha value is -2.22. The van der Waals surface area contributed by atoms with E-state index in [-0.39, 0.29) is 21.3 Å². The summed E-state index contributed by atoms with van der Waals surface area (Å²) in [5, 5.41) is 0.0443. The van der Waals surface area contributed by atoms with Gasteiger partial charge in [0.1, 0.15) is 4.90 Å². The van der Waals surface area contributed by atoms with E-state index in [4.69, 9.17) is 16.3 Å². The molecule has 2 aromatic carbocycles. The fourth-order valence-corrected chi connectivity index (χ4v) is 5.13. The van der Waals surface area contributed by atoms with E-state index in [2.05, 4.69) is 0 Å². The van der Waals surface area contributed by atoms with Crippen molar-refractivity contribution < 1.29 is 22.7 Å². The highest BCUT2D eigenvalue weighted by Gasteiger charge is 2.29. The molecule has 1 aliphatic rings. The molecule has 2 aromatic rings. The highest BCUT2D eigenvalue weighted by Crippen LogP contribution is 2.28. The van der Waals surface area contributed by atoms with Crippen LogP contribution in [0, 0.1) is 6.92 Å². The molecule has 0 bridgehead atoms. The fourth-order valence-electron chi connectivity index (χ4n) is 3.11. The summed E-state index contributed by atoms with van der Waals surface area (Å²) in [7, 11) is -3.80. The number of hydrogen-bond acceptors (Lipinski definition) is 5. The first-order chi connectivity index (χ1) is 13.8. The van der Waals surface area contributed by atoms with Crippen LogP contribution in [0.2, 0.25) is 5.02 Å². The van der Waals surface area contributed by atoms with E-state index < -0.39 is 22.6 Å². The standard InChI is InChI=1S/C21H22ClNO5S/c1-15-5-7-16(8-6-15)19(24)14-28-21(25)17-9-10-18(22)20(13-17)29(26,27)23-11-3-2-4-12-23/h5-10,13H,2-4,11-12,14H2,1H3. The van der Waals surface area contributed by atoms with Gasteiger partial charge in [0, 0.05) is 18.7 Å². The summed E-state index contributed by atoms with van der Waals surface area (Å²) in [6.07, 6.45) is 2.57. The van der Waals surface area contributed by atoms with Gasteiger partial charge in [0.2, 0.25) is 10.0 Å². The zero-order chi connectivity index (χ0) is 21.0. The smallest absolute Gasteiger partial charge is 0.338 e. The van der Waals surface area contributed by atoms with Crippen molar-refractivity contribution in [2.45, 2.75) is 31.1 Å². The van der Waals surface area contributed by atoms with E-state index in [0.717, 1.165) is 24.8 Å².